The van der Waals surface area contributed by atoms with E-state index in [4.69, 9.17) is 9.47 Å². The number of allylic oxidation sites excluding steroid dienone is 1. The van der Waals surface area contributed by atoms with Gasteiger partial charge in [0.15, 0.2) is 0 Å². The van der Waals surface area contributed by atoms with Crippen LogP contribution in [0.5, 0.6) is 5.75 Å². The van der Waals surface area contributed by atoms with Crippen LogP contribution in [0.3, 0.4) is 0 Å². The van der Waals surface area contributed by atoms with Crippen LogP contribution in [0, 0.1) is 0 Å². The smallest absolute Gasteiger partial charge is 0.416 e. The molecule has 0 bridgehead atoms. The Morgan fingerprint density at radius 2 is 1.63 bits per heavy atom. The summed E-state index contributed by atoms with van der Waals surface area (Å²) in [5.74, 6) is 0.593. The van der Waals surface area contributed by atoms with Gasteiger partial charge in [-0.25, -0.2) is 4.79 Å². The van der Waals surface area contributed by atoms with Crippen LogP contribution in [0.2, 0.25) is 0 Å². The van der Waals surface area contributed by atoms with E-state index in [1.165, 1.54) is 12.0 Å². The number of carbonyl (C=O) groups excluding carboxylic acids is 1. The quantitative estimate of drug-likeness (QED) is 0.394. The highest BCUT2D eigenvalue weighted by atomic mass is 19.4. The van der Waals surface area contributed by atoms with Crippen molar-refractivity contribution in [2.45, 2.75) is 63.7 Å². The number of hydrogen-bond donors (Lipinski definition) is 1. The van der Waals surface area contributed by atoms with Crippen molar-refractivity contribution in [2.24, 2.45) is 0 Å². The summed E-state index contributed by atoms with van der Waals surface area (Å²) >= 11 is 0. The molecule has 1 saturated heterocycles. The van der Waals surface area contributed by atoms with E-state index in [1.54, 1.807) is 19.1 Å². The zero-order valence-corrected chi connectivity index (χ0v) is 20.7. The Morgan fingerprint density at radius 1 is 1.00 bits per heavy atom. The van der Waals surface area contributed by atoms with Crippen molar-refractivity contribution in [3.8, 4) is 5.75 Å². The average molecular weight is 544 g/mol. The molecule has 0 aromatic heterocycles. The minimum Gasteiger partial charge on any atom is -0.496 e. The summed E-state index contributed by atoms with van der Waals surface area (Å²) in [6, 6.07) is 5.72. The van der Waals surface area contributed by atoms with Crippen molar-refractivity contribution in [1.82, 2.24) is 4.90 Å². The third-order valence-electron chi connectivity index (χ3n) is 7.05. The van der Waals surface area contributed by atoms with E-state index >= 15 is 0 Å². The molecule has 38 heavy (non-hydrogen) atoms. The van der Waals surface area contributed by atoms with Crippen molar-refractivity contribution in [1.29, 1.82) is 0 Å². The highest BCUT2D eigenvalue weighted by Gasteiger charge is 2.43. The first-order valence-electron chi connectivity index (χ1n) is 12.1. The van der Waals surface area contributed by atoms with E-state index in [-0.39, 0.29) is 24.8 Å². The summed E-state index contributed by atoms with van der Waals surface area (Å²) in [6.07, 6.45) is -9.08. The molecular formula is C27H27F6NO4. The maximum atomic E-state index is 13.4. The zero-order chi connectivity index (χ0) is 27.8. The largest absolute Gasteiger partial charge is 0.496 e. The Balaban J connectivity index is 1.69. The summed E-state index contributed by atoms with van der Waals surface area (Å²) in [4.78, 5) is 14.2. The van der Waals surface area contributed by atoms with Gasteiger partial charge in [-0.15, -0.1) is 0 Å². The van der Waals surface area contributed by atoms with Gasteiger partial charge in [-0.2, -0.15) is 26.3 Å². The van der Waals surface area contributed by atoms with Crippen molar-refractivity contribution >= 4 is 11.7 Å². The van der Waals surface area contributed by atoms with E-state index in [1.807, 2.05) is 6.07 Å². The first kappa shape index (κ1) is 27.8. The number of benzene rings is 2. The van der Waals surface area contributed by atoms with E-state index < -0.39 is 41.7 Å². The highest BCUT2D eigenvalue weighted by Crippen LogP contribution is 2.42. The summed E-state index contributed by atoms with van der Waals surface area (Å²) in [6.45, 7) is 1.47. The Labute approximate surface area is 215 Å². The fraction of sp³-hybridized carbons (Fsp3) is 0.444. The molecule has 1 heterocycles. The second-order valence-corrected chi connectivity index (χ2v) is 9.49. The molecule has 2 atom stereocenters. The van der Waals surface area contributed by atoms with Crippen molar-refractivity contribution in [3.05, 3.63) is 69.8 Å². The number of rotatable bonds is 6. The van der Waals surface area contributed by atoms with Gasteiger partial charge in [0, 0.05) is 12.1 Å². The number of alkyl halides is 6. The van der Waals surface area contributed by atoms with Gasteiger partial charge in [0.05, 0.1) is 30.9 Å². The van der Waals surface area contributed by atoms with Gasteiger partial charge < -0.3 is 14.6 Å². The fourth-order valence-electron chi connectivity index (χ4n) is 5.07. The molecule has 1 N–H and O–H groups in total. The molecule has 1 aliphatic carbocycles. The monoisotopic (exact) mass is 543 g/mol. The summed E-state index contributed by atoms with van der Waals surface area (Å²) in [5, 5.41) is 9.60. The topological polar surface area (TPSA) is 59.0 Å². The molecule has 1 aliphatic heterocycles. The van der Waals surface area contributed by atoms with Crippen LogP contribution in [0.4, 0.5) is 31.1 Å². The first-order valence-corrected chi connectivity index (χ1v) is 12.1. The highest BCUT2D eigenvalue weighted by molar-refractivity contribution is 5.76. The van der Waals surface area contributed by atoms with Gasteiger partial charge >= 0.3 is 18.4 Å². The lowest BCUT2D eigenvalue weighted by Crippen LogP contribution is -2.34. The van der Waals surface area contributed by atoms with Crippen molar-refractivity contribution in [3.63, 3.8) is 0 Å². The normalized spacial score (nSPS) is 20.7. The van der Waals surface area contributed by atoms with Crippen LogP contribution in [-0.4, -0.2) is 35.8 Å². The number of cyclic esters (lactones) is 1. The molecular weight excluding hydrogens is 516 g/mol. The maximum absolute atomic E-state index is 13.4. The Morgan fingerprint density at radius 3 is 2.21 bits per heavy atom. The second kappa shape index (κ2) is 10.5. The maximum Gasteiger partial charge on any atom is 0.416 e. The summed E-state index contributed by atoms with van der Waals surface area (Å²) in [5.41, 5.74) is -0.00478. The van der Waals surface area contributed by atoms with Crippen molar-refractivity contribution in [2.75, 3.05) is 13.7 Å². The fourth-order valence-corrected chi connectivity index (χ4v) is 5.07. The number of aliphatic hydroxyl groups is 1. The molecule has 2 aliphatic rings. The number of hydrogen-bond acceptors (Lipinski definition) is 4. The van der Waals surface area contributed by atoms with Crippen molar-refractivity contribution < 1.29 is 45.7 Å². The summed E-state index contributed by atoms with van der Waals surface area (Å²) < 4.78 is 91.2. The third kappa shape index (κ3) is 5.62. The number of amides is 1. The molecule has 2 aromatic rings. The SMILES string of the molecule is COc1ccc(CO)cc1C1=C(CN2C(=O)O[C@H](c3cc(C(F)(F)F)cc(C(F)(F)F)c3)[C@@H]2C)CCCC1. The van der Waals surface area contributed by atoms with E-state index in [0.29, 0.717) is 36.3 Å². The Hall–Kier alpha value is -3.21. The van der Waals surface area contributed by atoms with Crippen LogP contribution in [0.25, 0.3) is 5.57 Å². The third-order valence-corrected chi connectivity index (χ3v) is 7.05. The standard InChI is InChI=1S/C27H27F6NO4/c1-15-24(18-10-19(26(28,29)30)12-20(11-18)27(31,32)33)38-25(36)34(15)13-17-5-3-4-6-21(17)22-9-16(14-35)7-8-23(22)37-2/h7-12,15,24,35H,3-6,13-14H2,1-2H3/t15-,24-/m0/s1. The minimum absolute atomic E-state index is 0.0513. The molecule has 11 heteroatoms. The lowest BCUT2D eigenvalue weighted by molar-refractivity contribution is -0.143. The van der Waals surface area contributed by atoms with Crippen LogP contribution in [-0.2, 0) is 23.7 Å². The van der Waals surface area contributed by atoms with E-state index in [0.717, 1.165) is 29.6 Å². The molecule has 5 nitrogen and oxygen atoms in total. The van der Waals surface area contributed by atoms with Gasteiger partial charge in [-0.1, -0.05) is 6.07 Å². The molecule has 206 valence electrons. The molecule has 1 amide bonds. The average Bonchev–Trinajstić information content (AvgIpc) is 3.15. The van der Waals surface area contributed by atoms with E-state index in [2.05, 4.69) is 0 Å². The molecule has 0 saturated carbocycles. The van der Waals surface area contributed by atoms with Gasteiger partial charge in [-0.05, 0) is 85.2 Å². The predicted octanol–water partition coefficient (Wildman–Crippen LogP) is 7.13. The van der Waals surface area contributed by atoms with Crippen LogP contribution in [0.1, 0.15) is 66.5 Å². The lowest BCUT2D eigenvalue weighted by Gasteiger charge is -2.28. The minimum atomic E-state index is -5.01. The lowest BCUT2D eigenvalue weighted by atomic mass is 9.86. The van der Waals surface area contributed by atoms with Gasteiger partial charge in [-0.3, -0.25) is 4.90 Å². The van der Waals surface area contributed by atoms with Gasteiger partial charge in [0.1, 0.15) is 11.9 Å². The van der Waals surface area contributed by atoms with E-state index in [9.17, 15) is 36.2 Å². The number of aliphatic hydroxyl groups excluding tert-OH is 1. The zero-order valence-electron chi connectivity index (χ0n) is 20.7. The number of methoxy groups -OCH3 is 1. The second-order valence-electron chi connectivity index (χ2n) is 9.49. The molecule has 0 spiro atoms. The molecule has 1 fully saturated rings. The molecule has 2 aromatic carbocycles. The Kier molecular flexibility index (Phi) is 7.69. The Bertz CT molecular complexity index is 1200. The van der Waals surface area contributed by atoms with Gasteiger partial charge in [0.25, 0.3) is 0 Å². The molecule has 0 unspecified atom stereocenters. The molecule has 0 radical (unpaired) electrons. The van der Waals surface area contributed by atoms with Gasteiger partial charge in [0.2, 0.25) is 0 Å². The number of ether oxygens (including phenoxy) is 2. The number of carbonyl (C=O) groups is 1. The predicted molar refractivity (Wildman–Crippen MR) is 126 cm³/mol. The number of halogens is 6. The first-order chi connectivity index (χ1) is 17.8. The number of nitrogens with zero attached hydrogens (tertiary/aromatic N) is 1. The molecule has 4 rings (SSSR count). The van der Waals surface area contributed by atoms with Crippen LogP contribution in [0.15, 0.2) is 42.0 Å². The van der Waals surface area contributed by atoms with Crippen LogP contribution < -0.4 is 4.74 Å². The van der Waals surface area contributed by atoms with Crippen LogP contribution >= 0.6 is 0 Å². The summed E-state index contributed by atoms with van der Waals surface area (Å²) in [7, 11) is 1.52.